The van der Waals surface area contributed by atoms with E-state index in [1.165, 1.54) is 0 Å². The van der Waals surface area contributed by atoms with Gasteiger partial charge in [0.2, 0.25) is 5.91 Å². The molecule has 5 heteroatoms. The summed E-state index contributed by atoms with van der Waals surface area (Å²) in [6.45, 7) is 6.89. The monoisotopic (exact) mass is 339 g/mol. The molecule has 1 atom stereocenters. The first-order valence-corrected chi connectivity index (χ1v) is 8.45. The van der Waals surface area contributed by atoms with Crippen molar-refractivity contribution in [1.29, 1.82) is 0 Å². The molecule has 0 aliphatic heterocycles. The SMILES string of the molecule is CCN(CC)C(=O)c1ccc(NC(=O)C(C)(N)c2ccccc2)cc1. The third kappa shape index (κ3) is 4.25. The zero-order valence-electron chi connectivity index (χ0n) is 15.0. The van der Waals surface area contributed by atoms with Gasteiger partial charge < -0.3 is 16.0 Å². The molecule has 132 valence electrons. The summed E-state index contributed by atoms with van der Waals surface area (Å²) >= 11 is 0. The normalized spacial score (nSPS) is 13.0. The maximum Gasteiger partial charge on any atom is 0.253 e. The Labute approximate surface area is 148 Å². The van der Waals surface area contributed by atoms with Crippen molar-refractivity contribution < 1.29 is 9.59 Å². The molecular weight excluding hydrogens is 314 g/mol. The van der Waals surface area contributed by atoms with Gasteiger partial charge >= 0.3 is 0 Å². The Kier molecular flexibility index (Phi) is 5.93. The number of carbonyl (C=O) groups is 2. The van der Waals surface area contributed by atoms with Crippen LogP contribution in [0.15, 0.2) is 54.6 Å². The van der Waals surface area contributed by atoms with E-state index in [1.807, 2.05) is 44.2 Å². The van der Waals surface area contributed by atoms with Crippen molar-refractivity contribution in [3.05, 3.63) is 65.7 Å². The van der Waals surface area contributed by atoms with Crippen molar-refractivity contribution in [1.82, 2.24) is 4.90 Å². The number of hydrogen-bond donors (Lipinski definition) is 2. The first-order chi connectivity index (χ1) is 11.9. The van der Waals surface area contributed by atoms with Gasteiger partial charge in [-0.05, 0) is 50.6 Å². The predicted octanol–water partition coefficient (Wildman–Crippen LogP) is 2.98. The molecule has 1 unspecified atom stereocenters. The average molecular weight is 339 g/mol. The van der Waals surface area contributed by atoms with Crippen molar-refractivity contribution >= 4 is 17.5 Å². The van der Waals surface area contributed by atoms with Gasteiger partial charge in [-0.25, -0.2) is 0 Å². The summed E-state index contributed by atoms with van der Waals surface area (Å²) in [6.07, 6.45) is 0. The van der Waals surface area contributed by atoms with Crippen LogP contribution in [0, 0.1) is 0 Å². The van der Waals surface area contributed by atoms with E-state index in [4.69, 9.17) is 5.73 Å². The lowest BCUT2D eigenvalue weighted by Crippen LogP contribution is -2.45. The largest absolute Gasteiger partial charge is 0.339 e. The van der Waals surface area contributed by atoms with Gasteiger partial charge in [0.15, 0.2) is 0 Å². The molecule has 0 aliphatic rings. The highest BCUT2D eigenvalue weighted by Crippen LogP contribution is 2.20. The van der Waals surface area contributed by atoms with E-state index in [2.05, 4.69) is 5.32 Å². The Hall–Kier alpha value is -2.66. The molecule has 0 spiro atoms. The summed E-state index contributed by atoms with van der Waals surface area (Å²) < 4.78 is 0. The fraction of sp³-hybridized carbons (Fsp3) is 0.300. The number of carbonyl (C=O) groups excluding carboxylic acids is 2. The highest BCUT2D eigenvalue weighted by molar-refractivity contribution is 5.99. The van der Waals surface area contributed by atoms with E-state index in [0.29, 0.717) is 24.3 Å². The molecular formula is C20H25N3O2. The molecule has 0 bridgehead atoms. The molecule has 0 saturated carbocycles. The van der Waals surface area contributed by atoms with Gasteiger partial charge in [0, 0.05) is 24.3 Å². The highest BCUT2D eigenvalue weighted by atomic mass is 16.2. The van der Waals surface area contributed by atoms with Gasteiger partial charge in [-0.15, -0.1) is 0 Å². The maximum atomic E-state index is 12.5. The third-order valence-corrected chi connectivity index (χ3v) is 4.29. The minimum absolute atomic E-state index is 0.0178. The van der Waals surface area contributed by atoms with Crippen LogP contribution in [0.5, 0.6) is 0 Å². The van der Waals surface area contributed by atoms with Crippen LogP contribution in [-0.2, 0) is 10.3 Å². The van der Waals surface area contributed by atoms with E-state index in [-0.39, 0.29) is 11.8 Å². The van der Waals surface area contributed by atoms with Crippen molar-refractivity contribution in [3.8, 4) is 0 Å². The predicted molar refractivity (Wildman–Crippen MR) is 100 cm³/mol. The van der Waals surface area contributed by atoms with Crippen molar-refractivity contribution in [2.24, 2.45) is 5.73 Å². The molecule has 0 aromatic heterocycles. The molecule has 25 heavy (non-hydrogen) atoms. The molecule has 0 saturated heterocycles. The number of amides is 2. The van der Waals surface area contributed by atoms with Crippen molar-refractivity contribution in [2.75, 3.05) is 18.4 Å². The van der Waals surface area contributed by atoms with Gasteiger partial charge in [0.1, 0.15) is 5.54 Å². The lowest BCUT2D eigenvalue weighted by Gasteiger charge is -2.24. The molecule has 0 fully saturated rings. The molecule has 0 radical (unpaired) electrons. The van der Waals surface area contributed by atoms with Crippen LogP contribution in [0.2, 0.25) is 0 Å². The molecule has 2 aromatic rings. The van der Waals surface area contributed by atoms with Crippen molar-refractivity contribution in [2.45, 2.75) is 26.3 Å². The van der Waals surface area contributed by atoms with Crippen LogP contribution >= 0.6 is 0 Å². The number of benzene rings is 2. The fourth-order valence-electron chi connectivity index (χ4n) is 2.57. The molecule has 5 nitrogen and oxygen atoms in total. The minimum atomic E-state index is -1.14. The zero-order valence-corrected chi connectivity index (χ0v) is 15.0. The lowest BCUT2D eigenvalue weighted by molar-refractivity contribution is -0.120. The first-order valence-electron chi connectivity index (χ1n) is 8.45. The summed E-state index contributed by atoms with van der Waals surface area (Å²) in [7, 11) is 0. The standard InChI is InChI=1S/C20H25N3O2/c1-4-23(5-2)18(24)15-11-13-17(14-12-15)22-19(25)20(3,21)16-9-7-6-8-10-16/h6-14H,4-5,21H2,1-3H3,(H,22,25). The zero-order chi connectivity index (χ0) is 18.4. The van der Waals surface area contributed by atoms with Crippen LogP contribution in [-0.4, -0.2) is 29.8 Å². The summed E-state index contributed by atoms with van der Waals surface area (Å²) in [6, 6.07) is 16.1. The molecule has 2 rings (SSSR count). The second kappa shape index (κ2) is 7.94. The van der Waals surface area contributed by atoms with Gasteiger partial charge in [0.05, 0.1) is 0 Å². The first kappa shape index (κ1) is 18.7. The smallest absolute Gasteiger partial charge is 0.253 e. The number of hydrogen-bond acceptors (Lipinski definition) is 3. The topological polar surface area (TPSA) is 75.4 Å². The van der Waals surface area contributed by atoms with E-state index >= 15 is 0 Å². The average Bonchev–Trinajstić information content (AvgIpc) is 2.64. The molecule has 0 heterocycles. The number of rotatable bonds is 6. The minimum Gasteiger partial charge on any atom is -0.339 e. The maximum absolute atomic E-state index is 12.5. The number of nitrogens with two attached hydrogens (primary N) is 1. The third-order valence-electron chi connectivity index (χ3n) is 4.29. The van der Waals surface area contributed by atoms with Gasteiger partial charge in [-0.1, -0.05) is 30.3 Å². The Morgan fingerprint density at radius 3 is 2.08 bits per heavy atom. The summed E-state index contributed by atoms with van der Waals surface area (Å²) in [5, 5.41) is 2.82. The lowest BCUT2D eigenvalue weighted by atomic mass is 9.92. The van der Waals surface area contributed by atoms with E-state index in [0.717, 1.165) is 5.56 Å². The van der Waals surface area contributed by atoms with Crippen LogP contribution in [0.3, 0.4) is 0 Å². The Morgan fingerprint density at radius 1 is 1.00 bits per heavy atom. The van der Waals surface area contributed by atoms with E-state index < -0.39 is 5.54 Å². The summed E-state index contributed by atoms with van der Waals surface area (Å²) in [5.41, 5.74) is 7.01. The Balaban J connectivity index is 2.11. The van der Waals surface area contributed by atoms with Crippen LogP contribution in [0.25, 0.3) is 0 Å². The van der Waals surface area contributed by atoms with Gasteiger partial charge in [0.25, 0.3) is 5.91 Å². The number of nitrogens with one attached hydrogen (secondary N) is 1. The molecule has 0 aliphatic carbocycles. The summed E-state index contributed by atoms with van der Waals surface area (Å²) in [5.74, 6) is -0.322. The number of anilines is 1. The van der Waals surface area contributed by atoms with Gasteiger partial charge in [-0.3, -0.25) is 9.59 Å². The second-order valence-electron chi connectivity index (χ2n) is 6.08. The van der Waals surface area contributed by atoms with E-state index in [9.17, 15) is 9.59 Å². The fourth-order valence-corrected chi connectivity index (χ4v) is 2.57. The van der Waals surface area contributed by atoms with Crippen LogP contribution in [0.1, 0.15) is 36.7 Å². The Morgan fingerprint density at radius 2 is 1.56 bits per heavy atom. The van der Waals surface area contributed by atoms with Crippen molar-refractivity contribution in [3.63, 3.8) is 0 Å². The quantitative estimate of drug-likeness (QED) is 0.849. The molecule has 3 N–H and O–H groups in total. The number of nitrogens with zero attached hydrogens (tertiary/aromatic N) is 1. The van der Waals surface area contributed by atoms with Crippen LogP contribution < -0.4 is 11.1 Å². The Bertz CT molecular complexity index is 720. The summed E-state index contributed by atoms with van der Waals surface area (Å²) in [4.78, 5) is 26.6. The molecule has 2 aromatic carbocycles. The van der Waals surface area contributed by atoms with E-state index in [1.54, 1.807) is 36.1 Å². The van der Waals surface area contributed by atoms with Gasteiger partial charge in [-0.2, -0.15) is 0 Å². The highest BCUT2D eigenvalue weighted by Gasteiger charge is 2.30. The van der Waals surface area contributed by atoms with Crippen LogP contribution in [0.4, 0.5) is 5.69 Å². The second-order valence-corrected chi connectivity index (χ2v) is 6.08. The molecule has 2 amide bonds.